The van der Waals surface area contributed by atoms with Crippen molar-refractivity contribution in [1.29, 1.82) is 0 Å². The van der Waals surface area contributed by atoms with Gasteiger partial charge in [0, 0.05) is 32.9 Å². The molecule has 0 fully saturated rings. The molecule has 0 atom stereocenters. The van der Waals surface area contributed by atoms with Gasteiger partial charge in [-0.25, -0.2) is 0 Å². The summed E-state index contributed by atoms with van der Waals surface area (Å²) in [5.74, 6) is 2.56. The molecule has 0 radical (unpaired) electrons. The maximum atomic E-state index is 7.03. The molecule has 3 nitrogen and oxygen atoms in total. The number of hydrogen-bond donors (Lipinski definition) is 0. The van der Waals surface area contributed by atoms with Crippen LogP contribution in [0.3, 0.4) is 0 Å². The number of aromatic nitrogens is 1. The van der Waals surface area contributed by atoms with E-state index in [2.05, 4.69) is 162 Å². The van der Waals surface area contributed by atoms with E-state index in [-0.39, 0.29) is 6.92 Å². The van der Waals surface area contributed by atoms with Crippen molar-refractivity contribution >= 4 is 39.6 Å². The van der Waals surface area contributed by atoms with E-state index >= 15 is 0 Å². The molecule has 0 unspecified atom stereocenters. The van der Waals surface area contributed by atoms with Crippen LogP contribution in [-0.2, 0) is 0 Å². The van der Waals surface area contributed by atoms with Crippen LogP contribution < -0.4 is 20.3 Å². The fourth-order valence-electron chi connectivity index (χ4n) is 7.45. The van der Waals surface area contributed by atoms with Crippen LogP contribution >= 0.6 is 0 Å². The summed E-state index contributed by atoms with van der Waals surface area (Å²) in [5, 5.41) is 2.48. The van der Waals surface area contributed by atoms with E-state index in [0.29, 0.717) is 0 Å². The zero-order valence-corrected chi connectivity index (χ0v) is 24.9. The first-order valence-corrected chi connectivity index (χ1v) is 15.7. The maximum Gasteiger partial charge on any atom is 0.434 e. The highest BCUT2D eigenvalue weighted by Crippen LogP contribution is 2.43. The van der Waals surface area contributed by atoms with Crippen molar-refractivity contribution in [2.45, 2.75) is 0 Å². The number of para-hydroxylation sites is 2. The summed E-state index contributed by atoms with van der Waals surface area (Å²) in [6, 6.07) is 55.8. The molecule has 214 valence electrons. The molecule has 46 heavy (non-hydrogen) atoms. The molecule has 2 aliphatic rings. The third-order valence-electron chi connectivity index (χ3n) is 9.50. The average molecular weight is 587 g/mol. The number of fused-ring (bicyclic) bond motifs is 7. The molecule has 0 saturated heterocycles. The van der Waals surface area contributed by atoms with Crippen molar-refractivity contribution in [1.82, 2.24) is 4.57 Å². The van der Waals surface area contributed by atoms with Crippen LogP contribution in [0, 0.1) is 0 Å². The first-order valence-electron chi connectivity index (χ1n) is 15.7. The van der Waals surface area contributed by atoms with E-state index < -0.39 is 0 Å². The first-order chi connectivity index (χ1) is 22.8. The SMILES string of the molecule is c1ccc(-c2ccccc2-c2ccc3c(c2)OB2c4cc(-n5c6ccccc6c6ccccc65)ccc4Oc4cccc-3c42)cc1. The maximum absolute atomic E-state index is 7.03. The third-order valence-corrected chi connectivity index (χ3v) is 9.50. The topological polar surface area (TPSA) is 23.4 Å². The number of benzene rings is 7. The molecule has 0 aliphatic carbocycles. The molecule has 8 aromatic rings. The van der Waals surface area contributed by atoms with Crippen LogP contribution in [0.2, 0.25) is 0 Å². The van der Waals surface area contributed by atoms with E-state index in [1.165, 1.54) is 38.5 Å². The molecule has 1 aromatic heterocycles. The van der Waals surface area contributed by atoms with E-state index in [1.54, 1.807) is 0 Å². The minimum Gasteiger partial charge on any atom is -0.551 e. The molecule has 0 bridgehead atoms. The Labute approximate surface area is 267 Å². The molecule has 4 heteroatoms. The lowest BCUT2D eigenvalue weighted by molar-refractivity contribution is 0.479. The fraction of sp³-hybridized carbons (Fsp3) is 0. The van der Waals surface area contributed by atoms with Gasteiger partial charge in [0.2, 0.25) is 0 Å². The van der Waals surface area contributed by atoms with Gasteiger partial charge in [0.05, 0.1) is 11.0 Å². The van der Waals surface area contributed by atoms with Crippen molar-refractivity contribution in [3.8, 4) is 56.3 Å². The van der Waals surface area contributed by atoms with Crippen molar-refractivity contribution in [3.63, 3.8) is 0 Å². The molecule has 2 aliphatic heterocycles. The summed E-state index contributed by atoms with van der Waals surface area (Å²) in [7, 11) is 0. The highest BCUT2D eigenvalue weighted by Gasteiger charge is 2.41. The van der Waals surface area contributed by atoms with Crippen LogP contribution in [0.1, 0.15) is 0 Å². The van der Waals surface area contributed by atoms with E-state index in [9.17, 15) is 0 Å². The van der Waals surface area contributed by atoms with Crippen molar-refractivity contribution in [2.75, 3.05) is 0 Å². The monoisotopic (exact) mass is 587 g/mol. The largest absolute Gasteiger partial charge is 0.551 e. The number of hydrogen-bond acceptors (Lipinski definition) is 2. The van der Waals surface area contributed by atoms with Crippen molar-refractivity contribution in [3.05, 3.63) is 158 Å². The summed E-state index contributed by atoms with van der Waals surface area (Å²) >= 11 is 0. The Morgan fingerprint density at radius 1 is 0.435 bits per heavy atom. The lowest BCUT2D eigenvalue weighted by Crippen LogP contribution is -2.53. The zero-order chi connectivity index (χ0) is 30.2. The Morgan fingerprint density at radius 2 is 1.11 bits per heavy atom. The Balaban J connectivity index is 1.14. The Morgan fingerprint density at radius 3 is 1.89 bits per heavy atom. The predicted molar refractivity (Wildman–Crippen MR) is 189 cm³/mol. The first kappa shape index (κ1) is 25.3. The minimum atomic E-state index is -0.296. The van der Waals surface area contributed by atoms with Crippen LogP contribution in [0.5, 0.6) is 17.2 Å². The van der Waals surface area contributed by atoms with Gasteiger partial charge in [0.15, 0.2) is 0 Å². The number of ether oxygens (including phenoxy) is 1. The fourth-order valence-corrected chi connectivity index (χ4v) is 7.45. The van der Waals surface area contributed by atoms with Gasteiger partial charge in [0.1, 0.15) is 17.2 Å². The predicted octanol–water partition coefficient (Wildman–Crippen LogP) is 9.39. The zero-order valence-electron chi connectivity index (χ0n) is 24.9. The second-order valence-corrected chi connectivity index (χ2v) is 12.0. The van der Waals surface area contributed by atoms with Crippen molar-refractivity contribution in [2.24, 2.45) is 0 Å². The molecule has 0 saturated carbocycles. The van der Waals surface area contributed by atoms with Gasteiger partial charge in [-0.1, -0.05) is 115 Å². The molecule has 10 rings (SSSR count). The van der Waals surface area contributed by atoms with E-state index in [1.807, 2.05) is 0 Å². The molecule has 7 aromatic carbocycles. The van der Waals surface area contributed by atoms with Crippen LogP contribution in [0.15, 0.2) is 158 Å². The molecule has 0 amide bonds. The Kier molecular flexibility index (Phi) is 5.37. The molecular formula is C42H26BNO2. The smallest absolute Gasteiger partial charge is 0.434 e. The van der Waals surface area contributed by atoms with Gasteiger partial charge < -0.3 is 14.0 Å². The Hall–Kier alpha value is -6.00. The van der Waals surface area contributed by atoms with Crippen molar-refractivity contribution < 1.29 is 9.39 Å². The second-order valence-electron chi connectivity index (χ2n) is 12.0. The lowest BCUT2D eigenvalue weighted by atomic mass is 9.51. The van der Waals surface area contributed by atoms with E-state index in [0.717, 1.165) is 50.6 Å². The average Bonchev–Trinajstić information content (AvgIpc) is 3.46. The molecule has 0 spiro atoms. The Bertz CT molecular complexity index is 2440. The summed E-state index contributed by atoms with van der Waals surface area (Å²) in [6.45, 7) is -0.296. The van der Waals surface area contributed by atoms with Crippen LogP contribution in [0.25, 0.3) is 60.9 Å². The molecule has 3 heterocycles. The lowest BCUT2D eigenvalue weighted by Gasteiger charge is -2.33. The summed E-state index contributed by atoms with van der Waals surface area (Å²) < 4.78 is 15.9. The highest BCUT2D eigenvalue weighted by atomic mass is 16.5. The normalized spacial score (nSPS) is 12.7. The van der Waals surface area contributed by atoms with E-state index in [4.69, 9.17) is 9.39 Å². The highest BCUT2D eigenvalue weighted by molar-refractivity contribution is 6.84. The molecule has 0 N–H and O–H groups in total. The van der Waals surface area contributed by atoms with Gasteiger partial charge >= 0.3 is 6.92 Å². The standard InChI is InChI=1S/C42H26BNO2/c1-2-11-27(12-3-1)30-13-4-5-14-31(30)28-21-23-34-35-17-10-20-40-42(35)43(46-41(34)25-28)36-26-29(22-24-39(36)45-40)44-37-18-8-6-15-32(37)33-16-7-9-19-38(33)44/h1-26H. The van der Waals surface area contributed by atoms with Crippen LogP contribution in [0.4, 0.5) is 0 Å². The summed E-state index contributed by atoms with van der Waals surface area (Å²) in [4.78, 5) is 0. The molecular weight excluding hydrogens is 561 g/mol. The van der Waals surface area contributed by atoms with Gasteiger partial charge in [-0.3, -0.25) is 0 Å². The minimum absolute atomic E-state index is 0.296. The van der Waals surface area contributed by atoms with Gasteiger partial charge in [0.25, 0.3) is 0 Å². The van der Waals surface area contributed by atoms with Gasteiger partial charge in [-0.15, -0.1) is 0 Å². The second kappa shape index (κ2) is 9.75. The number of rotatable bonds is 3. The van der Waals surface area contributed by atoms with Crippen LogP contribution in [-0.4, -0.2) is 11.5 Å². The number of nitrogens with zero attached hydrogens (tertiary/aromatic N) is 1. The summed E-state index contributed by atoms with van der Waals surface area (Å²) in [5.41, 5.74) is 12.5. The van der Waals surface area contributed by atoms with Gasteiger partial charge in [-0.2, -0.15) is 0 Å². The summed E-state index contributed by atoms with van der Waals surface area (Å²) in [6.07, 6.45) is 0. The quantitative estimate of drug-likeness (QED) is 0.192. The van der Waals surface area contributed by atoms with Gasteiger partial charge in [-0.05, 0) is 70.3 Å². The third kappa shape index (κ3) is 3.67.